The van der Waals surface area contributed by atoms with Crippen LogP contribution < -0.4 is 0 Å². The minimum absolute atomic E-state index is 0.0165. The van der Waals surface area contributed by atoms with Crippen molar-refractivity contribution in [3.63, 3.8) is 0 Å². The van der Waals surface area contributed by atoms with E-state index in [0.717, 1.165) is 6.42 Å². The molecule has 0 spiro atoms. The first-order valence-electron chi connectivity index (χ1n) is 4.53. The minimum Gasteiger partial charge on any atom is -0.377 e. The van der Waals surface area contributed by atoms with Crippen molar-refractivity contribution in [1.29, 1.82) is 0 Å². The van der Waals surface area contributed by atoms with E-state index < -0.39 is 8.80 Å². The van der Waals surface area contributed by atoms with E-state index >= 15 is 0 Å². The lowest BCUT2D eigenvalue weighted by Crippen LogP contribution is -2.44. The second-order valence-corrected chi connectivity index (χ2v) is 5.77. The van der Waals surface area contributed by atoms with Gasteiger partial charge in [0.25, 0.3) is 0 Å². The van der Waals surface area contributed by atoms with Gasteiger partial charge in [-0.25, -0.2) is 0 Å². The third kappa shape index (κ3) is 4.14. The third-order valence-corrected chi connectivity index (χ3v) is 4.78. The fourth-order valence-electron chi connectivity index (χ4n) is 1.02. The van der Waals surface area contributed by atoms with Gasteiger partial charge in [-0.15, -0.1) is 0 Å². The topological polar surface area (TPSA) is 44.8 Å². The van der Waals surface area contributed by atoms with E-state index in [4.69, 9.17) is 13.3 Å². The van der Waals surface area contributed by atoms with Crippen molar-refractivity contribution in [3.8, 4) is 0 Å². The van der Waals surface area contributed by atoms with Crippen molar-refractivity contribution < 1.29 is 18.1 Å². The Morgan fingerprint density at radius 3 is 2.36 bits per heavy atom. The number of hydrogen-bond donors (Lipinski definition) is 0. The molecule has 0 aromatic rings. The van der Waals surface area contributed by atoms with Gasteiger partial charge in [0, 0.05) is 20.3 Å². The Labute approximate surface area is 86.2 Å². The van der Waals surface area contributed by atoms with Crippen LogP contribution in [-0.4, -0.2) is 35.4 Å². The Balaban J connectivity index is 4.19. The molecule has 0 fully saturated rings. The molecule has 0 N–H and O–H groups in total. The molecule has 0 rings (SSSR count). The fourth-order valence-corrected chi connectivity index (χ4v) is 2.95. The zero-order chi connectivity index (χ0) is 11.0. The molecule has 0 amide bonds. The SMILES string of the molecule is C=CC(=O)CO[Si](CCC)(OC)OC. The second-order valence-electron chi connectivity index (χ2n) is 2.80. The van der Waals surface area contributed by atoms with Gasteiger partial charge in [-0.3, -0.25) is 4.79 Å². The van der Waals surface area contributed by atoms with Gasteiger partial charge in [0.1, 0.15) is 6.61 Å². The maximum absolute atomic E-state index is 11.0. The minimum atomic E-state index is -2.59. The first-order valence-corrected chi connectivity index (χ1v) is 6.46. The molecule has 0 atom stereocenters. The monoisotopic (exact) mass is 218 g/mol. The molecule has 14 heavy (non-hydrogen) atoms. The van der Waals surface area contributed by atoms with E-state index in [1.807, 2.05) is 6.92 Å². The molecule has 4 nitrogen and oxygen atoms in total. The third-order valence-electron chi connectivity index (χ3n) is 1.84. The molecular formula is C9H18O4Si. The van der Waals surface area contributed by atoms with Gasteiger partial charge in [0.15, 0.2) is 5.78 Å². The van der Waals surface area contributed by atoms with Crippen LogP contribution in [0, 0.1) is 0 Å². The van der Waals surface area contributed by atoms with Crippen LogP contribution >= 0.6 is 0 Å². The maximum atomic E-state index is 11.0. The van der Waals surface area contributed by atoms with E-state index in [-0.39, 0.29) is 12.4 Å². The first kappa shape index (κ1) is 13.5. The van der Waals surface area contributed by atoms with Crippen LogP contribution in [0.1, 0.15) is 13.3 Å². The summed E-state index contributed by atoms with van der Waals surface area (Å²) in [7, 11) is 0.500. The van der Waals surface area contributed by atoms with Crippen molar-refractivity contribution in [2.75, 3.05) is 20.8 Å². The Hall–Kier alpha value is -0.493. The molecule has 0 unspecified atom stereocenters. The Morgan fingerprint density at radius 1 is 1.43 bits per heavy atom. The summed E-state index contributed by atoms with van der Waals surface area (Å²) in [5.41, 5.74) is 0. The van der Waals surface area contributed by atoms with Gasteiger partial charge in [-0.05, 0) is 6.08 Å². The van der Waals surface area contributed by atoms with E-state index in [1.54, 1.807) is 14.2 Å². The molecule has 5 heteroatoms. The molecule has 0 aliphatic heterocycles. The quantitative estimate of drug-likeness (QED) is 0.456. The second kappa shape index (κ2) is 6.89. The number of carbonyl (C=O) groups is 1. The predicted molar refractivity (Wildman–Crippen MR) is 56.0 cm³/mol. The van der Waals surface area contributed by atoms with Crippen LogP contribution in [0.5, 0.6) is 0 Å². The molecule has 0 aromatic carbocycles. The summed E-state index contributed by atoms with van der Waals surface area (Å²) in [6.45, 7) is 5.36. The van der Waals surface area contributed by atoms with Gasteiger partial charge >= 0.3 is 8.80 Å². The summed E-state index contributed by atoms with van der Waals surface area (Å²) in [6.07, 6.45) is 2.13. The lowest BCUT2D eigenvalue weighted by Gasteiger charge is -2.25. The van der Waals surface area contributed by atoms with Crippen LogP contribution in [0.25, 0.3) is 0 Å². The highest BCUT2D eigenvalue weighted by Crippen LogP contribution is 2.15. The highest BCUT2D eigenvalue weighted by Gasteiger charge is 2.38. The van der Waals surface area contributed by atoms with Crippen LogP contribution in [-0.2, 0) is 18.1 Å². The summed E-state index contributed by atoms with van der Waals surface area (Å²) in [5.74, 6) is -0.160. The smallest absolute Gasteiger partial charge is 0.377 e. The van der Waals surface area contributed by atoms with Gasteiger partial charge in [0.05, 0.1) is 0 Å². The Bertz CT molecular complexity index is 189. The average Bonchev–Trinajstić information content (AvgIpc) is 2.24. The summed E-state index contributed by atoms with van der Waals surface area (Å²) in [5, 5.41) is 0. The summed E-state index contributed by atoms with van der Waals surface area (Å²) < 4.78 is 15.9. The lowest BCUT2D eigenvalue weighted by molar-refractivity contribution is -0.117. The molecule has 0 radical (unpaired) electrons. The van der Waals surface area contributed by atoms with E-state index in [0.29, 0.717) is 6.04 Å². The molecule has 82 valence electrons. The van der Waals surface area contributed by atoms with Crippen molar-refractivity contribution in [2.45, 2.75) is 19.4 Å². The summed E-state index contributed by atoms with van der Waals surface area (Å²) in [4.78, 5) is 11.0. The maximum Gasteiger partial charge on any atom is 0.500 e. The zero-order valence-electron chi connectivity index (χ0n) is 9.04. The molecule has 0 aliphatic rings. The average molecular weight is 218 g/mol. The molecule has 0 aromatic heterocycles. The standard InChI is InChI=1S/C9H18O4Si/c1-5-7-14(11-3,12-4)13-8-9(10)6-2/h6H,2,5,7-8H2,1,3-4H3. The molecule has 0 heterocycles. The summed E-state index contributed by atoms with van der Waals surface area (Å²) >= 11 is 0. The molecule has 0 bridgehead atoms. The highest BCUT2D eigenvalue weighted by molar-refractivity contribution is 6.60. The van der Waals surface area contributed by atoms with E-state index in [9.17, 15) is 4.79 Å². The van der Waals surface area contributed by atoms with Gasteiger partial charge in [0.2, 0.25) is 0 Å². The highest BCUT2D eigenvalue weighted by atomic mass is 28.4. The van der Waals surface area contributed by atoms with Crippen LogP contribution in [0.4, 0.5) is 0 Å². The number of hydrogen-bond acceptors (Lipinski definition) is 4. The number of rotatable bonds is 8. The first-order chi connectivity index (χ1) is 6.64. The lowest BCUT2D eigenvalue weighted by atomic mass is 10.4. The molecule has 0 saturated heterocycles. The number of ketones is 1. The van der Waals surface area contributed by atoms with Crippen LogP contribution in [0.2, 0.25) is 6.04 Å². The molecule has 0 saturated carbocycles. The summed E-state index contributed by atoms with van der Waals surface area (Å²) in [6, 6.07) is 0.713. The van der Waals surface area contributed by atoms with Crippen molar-refractivity contribution >= 4 is 14.6 Å². The van der Waals surface area contributed by atoms with Gasteiger partial charge < -0.3 is 13.3 Å². The Kier molecular flexibility index (Phi) is 6.64. The molecular weight excluding hydrogens is 200 g/mol. The normalized spacial score (nSPS) is 11.4. The Morgan fingerprint density at radius 2 is 2.00 bits per heavy atom. The van der Waals surface area contributed by atoms with Crippen molar-refractivity contribution in [3.05, 3.63) is 12.7 Å². The number of carbonyl (C=O) groups excluding carboxylic acids is 1. The largest absolute Gasteiger partial charge is 0.500 e. The van der Waals surface area contributed by atoms with E-state index in [2.05, 4.69) is 6.58 Å². The predicted octanol–water partition coefficient (Wildman–Crippen LogP) is 1.40. The fraction of sp³-hybridized carbons (Fsp3) is 0.667. The van der Waals surface area contributed by atoms with Crippen LogP contribution in [0.3, 0.4) is 0 Å². The van der Waals surface area contributed by atoms with Gasteiger partial charge in [-0.1, -0.05) is 19.9 Å². The van der Waals surface area contributed by atoms with Crippen molar-refractivity contribution in [2.24, 2.45) is 0 Å². The molecule has 0 aliphatic carbocycles. The zero-order valence-corrected chi connectivity index (χ0v) is 10.0. The van der Waals surface area contributed by atoms with E-state index in [1.165, 1.54) is 6.08 Å². The van der Waals surface area contributed by atoms with Crippen LogP contribution in [0.15, 0.2) is 12.7 Å². The van der Waals surface area contributed by atoms with Gasteiger partial charge in [-0.2, -0.15) is 0 Å². The van der Waals surface area contributed by atoms with Crippen molar-refractivity contribution in [1.82, 2.24) is 0 Å².